The van der Waals surface area contributed by atoms with Crippen LogP contribution in [0.3, 0.4) is 0 Å². The standard InChI is InChI=1S/C19H19ClFN3O/c20-16-4-5-17(23-8-6-22-7-9-23)15-11-18(25)24(19(15)16)12-13-2-1-3-14(21)10-13/h1-5,10,22H,6-9,11-12H2. The molecule has 1 fully saturated rings. The van der Waals surface area contributed by atoms with E-state index < -0.39 is 0 Å². The van der Waals surface area contributed by atoms with Gasteiger partial charge in [-0.3, -0.25) is 4.79 Å². The average Bonchev–Trinajstić information content (AvgIpc) is 2.93. The number of benzene rings is 2. The molecule has 2 aliphatic heterocycles. The van der Waals surface area contributed by atoms with Crippen LogP contribution in [0.5, 0.6) is 0 Å². The molecule has 2 heterocycles. The van der Waals surface area contributed by atoms with Crippen molar-refractivity contribution in [2.24, 2.45) is 0 Å². The number of carbonyl (C=O) groups excluding carboxylic acids is 1. The number of rotatable bonds is 3. The summed E-state index contributed by atoms with van der Waals surface area (Å²) in [6.07, 6.45) is 0.338. The summed E-state index contributed by atoms with van der Waals surface area (Å²) in [5.41, 5.74) is 3.59. The lowest BCUT2D eigenvalue weighted by molar-refractivity contribution is -0.117. The maximum atomic E-state index is 13.5. The van der Waals surface area contributed by atoms with Gasteiger partial charge in [0.25, 0.3) is 0 Å². The number of nitrogens with zero attached hydrogens (tertiary/aromatic N) is 2. The summed E-state index contributed by atoms with van der Waals surface area (Å²) in [7, 11) is 0. The SMILES string of the molecule is O=C1Cc2c(N3CCNCC3)ccc(Cl)c2N1Cc1cccc(F)c1. The van der Waals surface area contributed by atoms with Crippen LogP contribution < -0.4 is 15.1 Å². The Kier molecular flexibility index (Phi) is 4.36. The molecule has 25 heavy (non-hydrogen) atoms. The summed E-state index contributed by atoms with van der Waals surface area (Å²) in [4.78, 5) is 16.6. The topological polar surface area (TPSA) is 35.6 Å². The molecule has 0 aromatic heterocycles. The first kappa shape index (κ1) is 16.4. The molecule has 0 radical (unpaired) electrons. The molecule has 1 amide bonds. The molecule has 0 bridgehead atoms. The van der Waals surface area contributed by atoms with Crippen molar-refractivity contribution in [2.45, 2.75) is 13.0 Å². The van der Waals surface area contributed by atoms with E-state index in [1.165, 1.54) is 12.1 Å². The van der Waals surface area contributed by atoms with Gasteiger partial charge < -0.3 is 15.1 Å². The van der Waals surface area contributed by atoms with Crippen molar-refractivity contribution in [3.63, 3.8) is 0 Å². The Labute approximate surface area is 151 Å². The smallest absolute Gasteiger partial charge is 0.231 e. The number of halogens is 2. The summed E-state index contributed by atoms with van der Waals surface area (Å²) in [6, 6.07) is 10.2. The van der Waals surface area contributed by atoms with Crippen LogP contribution in [0.25, 0.3) is 0 Å². The Bertz CT molecular complexity index is 820. The minimum absolute atomic E-state index is 0.00347. The molecule has 2 aromatic rings. The van der Waals surface area contributed by atoms with Gasteiger partial charge in [-0.25, -0.2) is 4.39 Å². The molecule has 6 heteroatoms. The lowest BCUT2D eigenvalue weighted by Crippen LogP contribution is -2.43. The van der Waals surface area contributed by atoms with E-state index in [1.807, 2.05) is 18.2 Å². The molecular weight excluding hydrogens is 341 g/mol. The van der Waals surface area contributed by atoms with Crippen molar-refractivity contribution >= 4 is 28.9 Å². The van der Waals surface area contributed by atoms with Gasteiger partial charge in [0.2, 0.25) is 5.91 Å². The molecule has 0 spiro atoms. The fourth-order valence-electron chi connectivity index (χ4n) is 3.62. The summed E-state index contributed by atoms with van der Waals surface area (Å²) < 4.78 is 13.5. The lowest BCUT2D eigenvalue weighted by atomic mass is 10.1. The highest BCUT2D eigenvalue weighted by Gasteiger charge is 2.33. The average molecular weight is 360 g/mol. The van der Waals surface area contributed by atoms with E-state index in [0.717, 1.165) is 48.7 Å². The lowest BCUT2D eigenvalue weighted by Gasteiger charge is -2.31. The van der Waals surface area contributed by atoms with Gasteiger partial charge in [-0.1, -0.05) is 23.7 Å². The van der Waals surface area contributed by atoms with E-state index >= 15 is 0 Å². The van der Waals surface area contributed by atoms with Gasteiger partial charge in [0.15, 0.2) is 0 Å². The second kappa shape index (κ2) is 6.65. The molecule has 0 unspecified atom stereocenters. The van der Waals surface area contributed by atoms with E-state index in [4.69, 9.17) is 11.6 Å². The van der Waals surface area contributed by atoms with Crippen molar-refractivity contribution in [1.82, 2.24) is 5.32 Å². The van der Waals surface area contributed by atoms with Crippen LogP contribution in [0.4, 0.5) is 15.8 Å². The zero-order valence-electron chi connectivity index (χ0n) is 13.8. The minimum atomic E-state index is -0.301. The molecular formula is C19H19ClFN3O. The number of piperazine rings is 1. The summed E-state index contributed by atoms with van der Waals surface area (Å²) in [5.74, 6) is -0.297. The van der Waals surface area contributed by atoms with Gasteiger partial charge in [-0.05, 0) is 29.8 Å². The van der Waals surface area contributed by atoms with E-state index in [0.29, 0.717) is 18.0 Å². The highest BCUT2D eigenvalue weighted by Crippen LogP contribution is 2.42. The minimum Gasteiger partial charge on any atom is -0.369 e. The van der Waals surface area contributed by atoms with Crippen LogP contribution >= 0.6 is 11.6 Å². The summed E-state index contributed by atoms with van der Waals surface area (Å²) in [5, 5.41) is 3.90. The van der Waals surface area contributed by atoms with Gasteiger partial charge in [0.1, 0.15) is 5.82 Å². The summed E-state index contributed by atoms with van der Waals surface area (Å²) in [6.45, 7) is 4.00. The van der Waals surface area contributed by atoms with E-state index in [1.54, 1.807) is 11.0 Å². The molecule has 130 valence electrons. The van der Waals surface area contributed by atoms with Crippen LogP contribution in [0.15, 0.2) is 36.4 Å². The first-order valence-electron chi connectivity index (χ1n) is 8.45. The molecule has 1 N–H and O–H groups in total. The zero-order chi connectivity index (χ0) is 17.4. The van der Waals surface area contributed by atoms with Crippen LogP contribution in [0, 0.1) is 5.82 Å². The number of carbonyl (C=O) groups is 1. The van der Waals surface area contributed by atoms with Gasteiger partial charge >= 0.3 is 0 Å². The Hall–Kier alpha value is -2.11. The number of nitrogens with one attached hydrogen (secondary N) is 1. The molecule has 4 nitrogen and oxygen atoms in total. The van der Waals surface area contributed by atoms with Gasteiger partial charge in [-0.2, -0.15) is 0 Å². The molecule has 0 saturated carbocycles. The molecule has 4 rings (SSSR count). The predicted molar refractivity (Wildman–Crippen MR) is 97.8 cm³/mol. The van der Waals surface area contributed by atoms with Crippen LogP contribution in [-0.2, 0) is 17.8 Å². The monoisotopic (exact) mass is 359 g/mol. The maximum absolute atomic E-state index is 13.5. The van der Waals surface area contributed by atoms with Gasteiger partial charge in [0.05, 0.1) is 23.7 Å². The number of amides is 1. The summed E-state index contributed by atoms with van der Waals surface area (Å²) >= 11 is 6.44. The molecule has 0 atom stereocenters. The molecule has 1 saturated heterocycles. The number of hydrogen-bond donors (Lipinski definition) is 1. The Balaban J connectivity index is 1.70. The quantitative estimate of drug-likeness (QED) is 0.915. The Morgan fingerprint density at radius 1 is 1.16 bits per heavy atom. The van der Waals surface area contributed by atoms with Gasteiger partial charge in [-0.15, -0.1) is 0 Å². The van der Waals surface area contributed by atoms with E-state index in [2.05, 4.69) is 10.2 Å². The molecule has 2 aliphatic rings. The fraction of sp³-hybridized carbons (Fsp3) is 0.316. The largest absolute Gasteiger partial charge is 0.369 e. The third-order valence-corrected chi connectivity index (χ3v) is 5.10. The van der Waals surface area contributed by atoms with Crippen molar-refractivity contribution < 1.29 is 9.18 Å². The van der Waals surface area contributed by atoms with Crippen LogP contribution in [-0.4, -0.2) is 32.1 Å². The van der Waals surface area contributed by atoms with Crippen molar-refractivity contribution in [2.75, 3.05) is 36.0 Å². The van der Waals surface area contributed by atoms with Crippen molar-refractivity contribution in [1.29, 1.82) is 0 Å². The third kappa shape index (κ3) is 3.10. The second-order valence-corrected chi connectivity index (χ2v) is 6.82. The first-order valence-corrected chi connectivity index (χ1v) is 8.83. The highest BCUT2D eigenvalue weighted by atomic mass is 35.5. The normalized spacial score (nSPS) is 17.1. The van der Waals surface area contributed by atoms with E-state index in [9.17, 15) is 9.18 Å². The second-order valence-electron chi connectivity index (χ2n) is 6.42. The third-order valence-electron chi connectivity index (χ3n) is 4.80. The number of anilines is 2. The zero-order valence-corrected chi connectivity index (χ0v) is 14.5. The fourth-order valence-corrected chi connectivity index (χ4v) is 3.90. The molecule has 0 aliphatic carbocycles. The van der Waals surface area contributed by atoms with Crippen LogP contribution in [0.2, 0.25) is 5.02 Å². The van der Waals surface area contributed by atoms with Crippen molar-refractivity contribution in [3.8, 4) is 0 Å². The Morgan fingerprint density at radius 3 is 2.72 bits per heavy atom. The highest BCUT2D eigenvalue weighted by molar-refractivity contribution is 6.35. The Morgan fingerprint density at radius 2 is 1.96 bits per heavy atom. The van der Waals surface area contributed by atoms with Gasteiger partial charge in [0, 0.05) is 37.4 Å². The van der Waals surface area contributed by atoms with Crippen LogP contribution in [0.1, 0.15) is 11.1 Å². The van der Waals surface area contributed by atoms with E-state index in [-0.39, 0.29) is 11.7 Å². The first-order chi connectivity index (χ1) is 12.1. The number of hydrogen-bond acceptors (Lipinski definition) is 3. The number of fused-ring (bicyclic) bond motifs is 1. The maximum Gasteiger partial charge on any atom is 0.231 e. The molecule has 2 aromatic carbocycles. The predicted octanol–water partition coefficient (Wildman–Crippen LogP) is 2.98. The van der Waals surface area contributed by atoms with Crippen molar-refractivity contribution in [3.05, 3.63) is 58.4 Å².